The Morgan fingerprint density at radius 3 is 3.07 bits per heavy atom. The molecule has 8 nitrogen and oxygen atoms in total. The average molecular weight is 195 g/mol. The fourth-order valence-electron chi connectivity index (χ4n) is 0.809. The molecule has 2 heterocycles. The van der Waals surface area contributed by atoms with E-state index in [9.17, 15) is 4.79 Å². The molecule has 0 aromatic carbocycles. The molecule has 0 saturated carbocycles. The lowest BCUT2D eigenvalue weighted by atomic mass is 10.6. The van der Waals surface area contributed by atoms with Gasteiger partial charge < -0.3 is 14.9 Å². The molecular weight excluding hydrogens is 190 g/mol. The van der Waals surface area contributed by atoms with E-state index in [1.165, 1.54) is 6.20 Å². The van der Waals surface area contributed by atoms with Gasteiger partial charge in [0.2, 0.25) is 0 Å². The number of carboxylic acids is 1. The molecule has 0 saturated heterocycles. The van der Waals surface area contributed by atoms with Gasteiger partial charge >= 0.3 is 11.9 Å². The number of rotatable bonds is 3. The summed E-state index contributed by atoms with van der Waals surface area (Å²) >= 11 is 0. The summed E-state index contributed by atoms with van der Waals surface area (Å²) in [5.74, 6) is -1.66. The van der Waals surface area contributed by atoms with Crippen LogP contribution in [0.4, 0.5) is 11.6 Å². The van der Waals surface area contributed by atoms with Crippen LogP contribution in [0.15, 0.2) is 16.9 Å². The van der Waals surface area contributed by atoms with Gasteiger partial charge in [0, 0.05) is 6.20 Å². The van der Waals surface area contributed by atoms with Gasteiger partial charge in [-0.05, 0) is 5.16 Å². The topological polar surface area (TPSA) is 117 Å². The summed E-state index contributed by atoms with van der Waals surface area (Å²) in [6, 6.07) is 0. The first-order chi connectivity index (χ1) is 6.75. The standard InChI is InChI=1S/C6H5N5O3/c12-5(13)4-10-6(11-14-4)9-3-1-7-8-2-3/h1-2H,(H,7,8)(H,9,11)(H,12,13). The second kappa shape index (κ2) is 3.17. The molecule has 2 aromatic heterocycles. The number of carboxylic acid groups (broad SMARTS) is 1. The lowest BCUT2D eigenvalue weighted by molar-refractivity contribution is 0.0643. The summed E-state index contributed by atoms with van der Waals surface area (Å²) in [6.07, 6.45) is 3.06. The third-order valence-electron chi connectivity index (χ3n) is 1.36. The Labute approximate surface area is 76.9 Å². The third-order valence-corrected chi connectivity index (χ3v) is 1.36. The van der Waals surface area contributed by atoms with Crippen LogP contribution in [0.25, 0.3) is 0 Å². The van der Waals surface area contributed by atoms with Crippen molar-refractivity contribution in [2.75, 3.05) is 5.32 Å². The van der Waals surface area contributed by atoms with E-state index in [1.807, 2.05) is 0 Å². The minimum absolute atomic E-state index is 0.0730. The molecule has 3 N–H and O–H groups in total. The predicted octanol–water partition coefficient (Wildman–Crippen LogP) is 0.234. The van der Waals surface area contributed by atoms with E-state index in [0.717, 1.165) is 0 Å². The van der Waals surface area contributed by atoms with Gasteiger partial charge in [-0.3, -0.25) is 5.10 Å². The number of aromatic amines is 1. The second-order valence-electron chi connectivity index (χ2n) is 2.34. The summed E-state index contributed by atoms with van der Waals surface area (Å²) in [4.78, 5) is 13.9. The highest BCUT2D eigenvalue weighted by Gasteiger charge is 2.12. The third kappa shape index (κ3) is 1.53. The van der Waals surface area contributed by atoms with Gasteiger partial charge in [0.05, 0.1) is 11.9 Å². The van der Waals surface area contributed by atoms with Crippen molar-refractivity contribution in [3.63, 3.8) is 0 Å². The predicted molar refractivity (Wildman–Crippen MR) is 43.1 cm³/mol. The maximum Gasteiger partial charge on any atom is 0.394 e. The smallest absolute Gasteiger partial charge is 0.394 e. The summed E-state index contributed by atoms with van der Waals surface area (Å²) in [7, 11) is 0. The summed E-state index contributed by atoms with van der Waals surface area (Å²) < 4.78 is 4.42. The molecule has 8 heteroatoms. The number of anilines is 2. The van der Waals surface area contributed by atoms with Gasteiger partial charge in [-0.15, -0.1) is 0 Å². The normalized spacial score (nSPS) is 10.0. The van der Waals surface area contributed by atoms with Crippen LogP contribution in [-0.2, 0) is 0 Å². The van der Waals surface area contributed by atoms with Gasteiger partial charge in [0.15, 0.2) is 0 Å². The Kier molecular flexibility index (Phi) is 1.86. The maximum atomic E-state index is 10.4. The minimum atomic E-state index is -1.27. The highest BCUT2D eigenvalue weighted by molar-refractivity contribution is 5.82. The van der Waals surface area contributed by atoms with Crippen LogP contribution in [0.2, 0.25) is 0 Å². The molecule has 72 valence electrons. The average Bonchev–Trinajstić information content (AvgIpc) is 2.75. The molecule has 0 unspecified atom stereocenters. The van der Waals surface area contributed by atoms with Crippen molar-refractivity contribution in [1.82, 2.24) is 20.3 Å². The fraction of sp³-hybridized carbons (Fsp3) is 0. The largest absolute Gasteiger partial charge is 0.474 e. The molecule has 0 spiro atoms. The molecule has 2 aromatic rings. The first-order valence-corrected chi connectivity index (χ1v) is 3.58. The Bertz CT molecular complexity index is 434. The quantitative estimate of drug-likeness (QED) is 0.641. The van der Waals surface area contributed by atoms with Crippen LogP contribution >= 0.6 is 0 Å². The van der Waals surface area contributed by atoms with Crippen LogP contribution in [0.3, 0.4) is 0 Å². The zero-order chi connectivity index (χ0) is 9.97. The van der Waals surface area contributed by atoms with Gasteiger partial charge in [0.1, 0.15) is 0 Å². The number of nitrogens with one attached hydrogen (secondary N) is 2. The van der Waals surface area contributed by atoms with Crippen molar-refractivity contribution in [1.29, 1.82) is 0 Å². The highest BCUT2D eigenvalue weighted by Crippen LogP contribution is 2.10. The number of carbonyl (C=O) groups is 1. The molecule has 0 radical (unpaired) electrons. The van der Waals surface area contributed by atoms with E-state index in [2.05, 4.69) is 30.2 Å². The number of aromatic nitrogens is 4. The fourth-order valence-corrected chi connectivity index (χ4v) is 0.809. The van der Waals surface area contributed by atoms with E-state index in [0.29, 0.717) is 5.69 Å². The van der Waals surface area contributed by atoms with Crippen molar-refractivity contribution in [2.24, 2.45) is 0 Å². The highest BCUT2D eigenvalue weighted by atomic mass is 16.5. The molecule has 0 aliphatic carbocycles. The van der Waals surface area contributed by atoms with Gasteiger partial charge in [-0.2, -0.15) is 10.1 Å². The van der Waals surface area contributed by atoms with E-state index < -0.39 is 11.9 Å². The van der Waals surface area contributed by atoms with Crippen LogP contribution < -0.4 is 5.32 Å². The van der Waals surface area contributed by atoms with Crippen molar-refractivity contribution in [3.8, 4) is 0 Å². The van der Waals surface area contributed by atoms with Crippen molar-refractivity contribution < 1.29 is 14.4 Å². The number of H-pyrrole nitrogens is 1. The van der Waals surface area contributed by atoms with E-state index in [4.69, 9.17) is 5.11 Å². The Morgan fingerprint density at radius 2 is 2.50 bits per heavy atom. The number of hydrogen-bond acceptors (Lipinski definition) is 6. The number of nitrogens with zero attached hydrogens (tertiary/aromatic N) is 3. The zero-order valence-electron chi connectivity index (χ0n) is 6.76. The molecule has 0 aliphatic rings. The molecule has 0 amide bonds. The molecule has 2 rings (SSSR count). The van der Waals surface area contributed by atoms with Crippen molar-refractivity contribution >= 4 is 17.6 Å². The van der Waals surface area contributed by atoms with Gasteiger partial charge in [-0.1, -0.05) is 0 Å². The Balaban J connectivity index is 2.14. The van der Waals surface area contributed by atoms with E-state index >= 15 is 0 Å². The second-order valence-corrected chi connectivity index (χ2v) is 2.34. The number of hydrogen-bond donors (Lipinski definition) is 3. The summed E-state index contributed by atoms with van der Waals surface area (Å²) in [5.41, 5.74) is 0.614. The van der Waals surface area contributed by atoms with Gasteiger partial charge in [-0.25, -0.2) is 4.79 Å². The molecule has 0 bridgehead atoms. The summed E-state index contributed by atoms with van der Waals surface area (Å²) in [6.45, 7) is 0. The zero-order valence-corrected chi connectivity index (χ0v) is 6.76. The molecule has 0 aliphatic heterocycles. The van der Waals surface area contributed by atoms with Gasteiger partial charge in [0.25, 0.3) is 5.95 Å². The Morgan fingerprint density at radius 1 is 1.64 bits per heavy atom. The van der Waals surface area contributed by atoms with Crippen LogP contribution in [0.1, 0.15) is 10.7 Å². The molecule has 0 atom stereocenters. The first-order valence-electron chi connectivity index (χ1n) is 3.58. The molecular formula is C6H5N5O3. The van der Waals surface area contributed by atoms with E-state index in [1.54, 1.807) is 6.20 Å². The van der Waals surface area contributed by atoms with Crippen LogP contribution in [-0.4, -0.2) is 31.4 Å². The number of aromatic carboxylic acids is 1. The van der Waals surface area contributed by atoms with Crippen molar-refractivity contribution in [2.45, 2.75) is 0 Å². The van der Waals surface area contributed by atoms with E-state index in [-0.39, 0.29) is 5.95 Å². The molecule has 14 heavy (non-hydrogen) atoms. The lowest BCUT2D eigenvalue weighted by Gasteiger charge is -1.91. The van der Waals surface area contributed by atoms with Crippen LogP contribution in [0, 0.1) is 0 Å². The first kappa shape index (κ1) is 8.23. The van der Waals surface area contributed by atoms with Crippen LogP contribution in [0.5, 0.6) is 0 Å². The monoisotopic (exact) mass is 195 g/mol. The molecule has 0 fully saturated rings. The Hall–Kier alpha value is -2.38. The lowest BCUT2D eigenvalue weighted by Crippen LogP contribution is -1.96. The summed E-state index contributed by atoms with van der Waals surface area (Å²) in [5, 5.41) is 20.8. The minimum Gasteiger partial charge on any atom is -0.474 e. The SMILES string of the molecule is O=C(O)c1nc(Nc2cn[nH]c2)no1. The maximum absolute atomic E-state index is 10.4. The van der Waals surface area contributed by atoms with Crippen molar-refractivity contribution in [3.05, 3.63) is 18.3 Å².